The molecule has 0 saturated carbocycles. The van der Waals surface area contributed by atoms with Crippen molar-refractivity contribution in [3.05, 3.63) is 40.4 Å². The molecule has 3 rings (SSSR count). The highest BCUT2D eigenvalue weighted by Crippen LogP contribution is 2.42. The number of fused-ring (bicyclic) bond motifs is 2. The van der Waals surface area contributed by atoms with E-state index in [1.54, 1.807) is 0 Å². The molecule has 0 bridgehead atoms. The van der Waals surface area contributed by atoms with Crippen molar-refractivity contribution in [3.63, 3.8) is 0 Å². The van der Waals surface area contributed by atoms with E-state index in [-0.39, 0.29) is 6.04 Å². The second-order valence-corrected chi connectivity index (χ2v) is 4.54. The summed E-state index contributed by atoms with van der Waals surface area (Å²) in [6, 6.07) is 10.3. The lowest BCUT2D eigenvalue weighted by atomic mass is 10.0. The Bertz CT molecular complexity index is 538. The highest BCUT2D eigenvalue weighted by molar-refractivity contribution is 9.10. The van der Waals surface area contributed by atoms with Crippen LogP contribution in [0.5, 0.6) is 5.75 Å². The molecule has 76 valence electrons. The van der Waals surface area contributed by atoms with Crippen LogP contribution in [0.15, 0.2) is 34.8 Å². The van der Waals surface area contributed by atoms with Crippen molar-refractivity contribution in [3.8, 4) is 5.75 Å². The lowest BCUT2D eigenvalue weighted by Crippen LogP contribution is -2.10. The third-order valence-electron chi connectivity index (χ3n) is 2.78. The van der Waals surface area contributed by atoms with Crippen LogP contribution in [-0.4, -0.2) is 6.61 Å². The van der Waals surface area contributed by atoms with Crippen molar-refractivity contribution in [1.82, 2.24) is 0 Å². The largest absolute Gasteiger partial charge is 0.490 e. The summed E-state index contributed by atoms with van der Waals surface area (Å²) < 4.78 is 6.59. The van der Waals surface area contributed by atoms with Gasteiger partial charge in [-0.3, -0.25) is 0 Å². The van der Waals surface area contributed by atoms with E-state index in [1.165, 1.54) is 10.8 Å². The fraction of sp³-hybridized carbons (Fsp3) is 0.167. The predicted molar refractivity (Wildman–Crippen MR) is 64.1 cm³/mol. The van der Waals surface area contributed by atoms with Crippen LogP contribution in [0.1, 0.15) is 11.6 Å². The molecular weight excluding hydrogens is 254 g/mol. The quantitative estimate of drug-likeness (QED) is 0.793. The number of halogens is 1. The van der Waals surface area contributed by atoms with E-state index in [0.717, 1.165) is 15.8 Å². The number of benzene rings is 2. The first-order chi connectivity index (χ1) is 7.27. The molecule has 1 unspecified atom stereocenters. The van der Waals surface area contributed by atoms with Gasteiger partial charge in [-0.2, -0.15) is 0 Å². The van der Waals surface area contributed by atoms with Gasteiger partial charge < -0.3 is 10.5 Å². The van der Waals surface area contributed by atoms with E-state index >= 15 is 0 Å². The van der Waals surface area contributed by atoms with Crippen molar-refractivity contribution >= 4 is 26.7 Å². The van der Waals surface area contributed by atoms with E-state index in [4.69, 9.17) is 10.5 Å². The Labute approximate surface area is 96.2 Å². The first-order valence-electron chi connectivity index (χ1n) is 4.87. The number of nitrogens with two attached hydrogens (primary N) is 1. The summed E-state index contributed by atoms with van der Waals surface area (Å²) >= 11 is 3.58. The summed E-state index contributed by atoms with van der Waals surface area (Å²) in [5.74, 6) is 0.904. The molecule has 0 spiro atoms. The molecule has 0 amide bonds. The maximum absolute atomic E-state index is 5.96. The van der Waals surface area contributed by atoms with Gasteiger partial charge in [-0.15, -0.1) is 0 Å². The molecule has 3 heteroatoms. The van der Waals surface area contributed by atoms with E-state index in [9.17, 15) is 0 Å². The topological polar surface area (TPSA) is 35.2 Å². The highest BCUT2D eigenvalue weighted by atomic mass is 79.9. The van der Waals surface area contributed by atoms with Crippen LogP contribution in [0.4, 0.5) is 0 Å². The summed E-state index contributed by atoms with van der Waals surface area (Å²) in [6.45, 7) is 0.574. The number of ether oxygens (including phenoxy) is 1. The summed E-state index contributed by atoms with van der Waals surface area (Å²) in [7, 11) is 0. The van der Waals surface area contributed by atoms with E-state index in [1.807, 2.05) is 12.1 Å². The number of rotatable bonds is 0. The maximum atomic E-state index is 5.96. The lowest BCUT2D eigenvalue weighted by molar-refractivity contribution is 0.332. The number of hydrogen-bond donors (Lipinski definition) is 1. The molecule has 2 aromatic rings. The minimum atomic E-state index is 0.000839. The van der Waals surface area contributed by atoms with Gasteiger partial charge in [0.25, 0.3) is 0 Å². The van der Waals surface area contributed by atoms with Crippen LogP contribution >= 0.6 is 15.9 Å². The summed E-state index contributed by atoms with van der Waals surface area (Å²) in [5, 5.41) is 2.37. The van der Waals surface area contributed by atoms with Gasteiger partial charge in [-0.05, 0) is 32.8 Å². The average Bonchev–Trinajstić information content (AvgIpc) is 2.62. The molecule has 2 nitrogen and oxygen atoms in total. The van der Waals surface area contributed by atoms with Gasteiger partial charge in [-0.1, -0.05) is 24.3 Å². The van der Waals surface area contributed by atoms with Crippen molar-refractivity contribution in [2.75, 3.05) is 6.61 Å². The van der Waals surface area contributed by atoms with Gasteiger partial charge >= 0.3 is 0 Å². The van der Waals surface area contributed by atoms with E-state index in [2.05, 4.69) is 34.1 Å². The summed E-state index contributed by atoms with van der Waals surface area (Å²) in [4.78, 5) is 0. The van der Waals surface area contributed by atoms with Crippen molar-refractivity contribution in [2.24, 2.45) is 5.73 Å². The van der Waals surface area contributed by atoms with Crippen LogP contribution in [0, 0.1) is 0 Å². The van der Waals surface area contributed by atoms with Crippen molar-refractivity contribution < 1.29 is 4.74 Å². The molecule has 0 saturated heterocycles. The van der Waals surface area contributed by atoms with Crippen molar-refractivity contribution in [2.45, 2.75) is 6.04 Å². The Morgan fingerprint density at radius 2 is 2.13 bits per heavy atom. The van der Waals surface area contributed by atoms with E-state index < -0.39 is 0 Å². The molecule has 0 radical (unpaired) electrons. The average molecular weight is 264 g/mol. The van der Waals surface area contributed by atoms with E-state index in [0.29, 0.717) is 6.61 Å². The zero-order chi connectivity index (χ0) is 10.4. The van der Waals surface area contributed by atoms with Gasteiger partial charge in [0.15, 0.2) is 0 Å². The fourth-order valence-electron chi connectivity index (χ4n) is 1.99. The molecule has 0 aromatic heterocycles. The minimum Gasteiger partial charge on any atom is -0.490 e. The van der Waals surface area contributed by atoms with Gasteiger partial charge in [0, 0.05) is 5.56 Å². The lowest BCUT2D eigenvalue weighted by Gasteiger charge is -2.07. The van der Waals surface area contributed by atoms with Crippen LogP contribution in [0.2, 0.25) is 0 Å². The number of hydrogen-bond acceptors (Lipinski definition) is 2. The SMILES string of the molecule is NC1COc2c1cc1ccccc1c2Br. The Kier molecular flexibility index (Phi) is 1.97. The Hall–Kier alpha value is -1.06. The Morgan fingerprint density at radius 3 is 3.00 bits per heavy atom. The van der Waals surface area contributed by atoms with Crippen LogP contribution in [0.3, 0.4) is 0 Å². The molecule has 1 aliphatic heterocycles. The Balaban J connectivity index is 2.41. The smallest absolute Gasteiger partial charge is 0.139 e. The normalized spacial score (nSPS) is 18.9. The molecule has 1 heterocycles. The monoisotopic (exact) mass is 263 g/mol. The van der Waals surface area contributed by atoms with Gasteiger partial charge in [0.2, 0.25) is 0 Å². The third kappa shape index (κ3) is 1.27. The zero-order valence-corrected chi connectivity index (χ0v) is 9.62. The summed E-state index contributed by atoms with van der Waals surface area (Å²) in [6.07, 6.45) is 0. The molecule has 2 aromatic carbocycles. The molecule has 0 aliphatic carbocycles. The second-order valence-electron chi connectivity index (χ2n) is 3.75. The third-order valence-corrected chi connectivity index (χ3v) is 3.56. The molecule has 1 atom stereocenters. The second kappa shape index (κ2) is 3.22. The van der Waals surface area contributed by atoms with Crippen molar-refractivity contribution in [1.29, 1.82) is 0 Å². The highest BCUT2D eigenvalue weighted by Gasteiger charge is 2.24. The van der Waals surface area contributed by atoms with Gasteiger partial charge in [0.05, 0.1) is 10.5 Å². The molecule has 0 fully saturated rings. The molecule has 1 aliphatic rings. The van der Waals surface area contributed by atoms with Crippen LogP contribution in [0.25, 0.3) is 10.8 Å². The minimum absolute atomic E-state index is 0.000839. The standard InChI is InChI=1S/C12H10BrNO/c13-11-8-4-2-1-3-7(8)5-9-10(14)6-15-12(9)11/h1-5,10H,6,14H2. The zero-order valence-electron chi connectivity index (χ0n) is 8.03. The predicted octanol–water partition coefficient (Wildman–Crippen LogP) is 2.99. The summed E-state index contributed by atoms with van der Waals surface area (Å²) in [5.41, 5.74) is 7.06. The van der Waals surface area contributed by atoms with Crippen LogP contribution in [-0.2, 0) is 0 Å². The Morgan fingerprint density at radius 1 is 1.33 bits per heavy atom. The van der Waals surface area contributed by atoms with Crippen LogP contribution < -0.4 is 10.5 Å². The van der Waals surface area contributed by atoms with Gasteiger partial charge in [0.1, 0.15) is 12.4 Å². The fourth-order valence-corrected chi connectivity index (χ4v) is 2.69. The molecular formula is C12H10BrNO. The van der Waals surface area contributed by atoms with Gasteiger partial charge in [-0.25, -0.2) is 0 Å². The molecule has 15 heavy (non-hydrogen) atoms. The first-order valence-corrected chi connectivity index (χ1v) is 5.66. The maximum Gasteiger partial charge on any atom is 0.139 e. The first kappa shape index (κ1) is 9.19. The molecule has 2 N–H and O–H groups in total.